The van der Waals surface area contributed by atoms with Crippen molar-refractivity contribution < 1.29 is 19.3 Å². The van der Waals surface area contributed by atoms with Gasteiger partial charge in [-0.15, -0.1) is 0 Å². The number of aliphatic imine (C=N–C) groups is 1. The standard InChI is InChI=1S/C22H21N3O4/c1-27-17-5-2-15(3-6-17)21-18-7-4-16(26)12-20(18)29-22(19(21)13-23)24-14-25-8-10-28-11-9-25/h2-7,12,14,21,26H,8-11H2,1H3. The Morgan fingerprint density at radius 2 is 1.97 bits per heavy atom. The SMILES string of the molecule is COc1ccc(C2C(C#N)=C(N=CN3CCOCC3)Oc3cc(O)ccc32)cc1. The van der Waals surface area contributed by atoms with Crippen molar-refractivity contribution in [1.82, 2.24) is 4.90 Å². The van der Waals surface area contributed by atoms with Crippen molar-refractivity contribution in [2.75, 3.05) is 33.4 Å². The summed E-state index contributed by atoms with van der Waals surface area (Å²) < 4.78 is 16.5. The Hall–Kier alpha value is -3.50. The highest BCUT2D eigenvalue weighted by Gasteiger charge is 2.32. The van der Waals surface area contributed by atoms with Crippen LogP contribution in [0, 0.1) is 11.3 Å². The molecule has 7 heteroatoms. The normalized spacial score (nSPS) is 18.9. The average molecular weight is 391 g/mol. The number of aromatic hydroxyl groups is 1. The van der Waals surface area contributed by atoms with E-state index in [4.69, 9.17) is 14.2 Å². The fourth-order valence-corrected chi connectivity index (χ4v) is 3.47. The Morgan fingerprint density at radius 1 is 1.21 bits per heavy atom. The number of nitrogens with zero attached hydrogens (tertiary/aromatic N) is 3. The second kappa shape index (κ2) is 8.25. The molecule has 0 bridgehead atoms. The lowest BCUT2D eigenvalue weighted by atomic mass is 9.83. The van der Waals surface area contributed by atoms with Gasteiger partial charge in [0, 0.05) is 24.7 Å². The van der Waals surface area contributed by atoms with Gasteiger partial charge in [-0.2, -0.15) is 5.26 Å². The lowest BCUT2D eigenvalue weighted by Crippen LogP contribution is -2.35. The summed E-state index contributed by atoms with van der Waals surface area (Å²) in [5.41, 5.74) is 2.13. The number of ether oxygens (including phenoxy) is 3. The minimum atomic E-state index is -0.355. The first-order valence-corrected chi connectivity index (χ1v) is 9.34. The van der Waals surface area contributed by atoms with E-state index in [2.05, 4.69) is 11.1 Å². The van der Waals surface area contributed by atoms with Crippen LogP contribution in [0.15, 0.2) is 58.9 Å². The van der Waals surface area contributed by atoms with Crippen LogP contribution in [-0.2, 0) is 4.74 Å². The molecule has 0 aliphatic carbocycles. The minimum absolute atomic E-state index is 0.0918. The number of methoxy groups -OCH3 is 1. The van der Waals surface area contributed by atoms with E-state index in [0.717, 1.165) is 30.0 Å². The first-order chi connectivity index (χ1) is 14.2. The molecule has 2 aromatic carbocycles. The van der Waals surface area contributed by atoms with E-state index in [1.54, 1.807) is 31.6 Å². The van der Waals surface area contributed by atoms with Gasteiger partial charge in [0.25, 0.3) is 0 Å². The fourth-order valence-electron chi connectivity index (χ4n) is 3.47. The Balaban J connectivity index is 1.77. The lowest BCUT2D eigenvalue weighted by Gasteiger charge is -2.27. The van der Waals surface area contributed by atoms with Crippen LogP contribution >= 0.6 is 0 Å². The highest BCUT2D eigenvalue weighted by atomic mass is 16.5. The summed E-state index contributed by atoms with van der Waals surface area (Å²) in [7, 11) is 1.61. The number of allylic oxidation sites excluding steroid dienone is 1. The molecule has 2 heterocycles. The molecule has 2 aliphatic rings. The molecule has 4 rings (SSSR count). The van der Waals surface area contributed by atoms with Crippen LogP contribution in [0.3, 0.4) is 0 Å². The lowest BCUT2D eigenvalue weighted by molar-refractivity contribution is 0.0699. The summed E-state index contributed by atoms with van der Waals surface area (Å²) in [6.07, 6.45) is 1.69. The molecule has 2 aromatic rings. The van der Waals surface area contributed by atoms with Crippen LogP contribution in [0.1, 0.15) is 17.0 Å². The number of hydrogen-bond donors (Lipinski definition) is 1. The van der Waals surface area contributed by atoms with E-state index in [1.807, 2.05) is 29.2 Å². The molecule has 0 spiro atoms. The van der Waals surface area contributed by atoms with Gasteiger partial charge in [-0.1, -0.05) is 18.2 Å². The van der Waals surface area contributed by atoms with Crippen molar-refractivity contribution in [3.8, 4) is 23.3 Å². The third-order valence-electron chi connectivity index (χ3n) is 4.99. The van der Waals surface area contributed by atoms with Crippen molar-refractivity contribution in [2.45, 2.75) is 5.92 Å². The molecule has 0 amide bonds. The molecular formula is C22H21N3O4. The summed E-state index contributed by atoms with van der Waals surface area (Å²) in [4.78, 5) is 6.49. The zero-order valence-electron chi connectivity index (χ0n) is 16.0. The number of hydrogen-bond acceptors (Lipinski definition) is 6. The van der Waals surface area contributed by atoms with E-state index in [1.165, 1.54) is 0 Å². The predicted molar refractivity (Wildman–Crippen MR) is 107 cm³/mol. The molecular weight excluding hydrogens is 370 g/mol. The number of phenolic OH excluding ortho intramolecular Hbond substituents is 1. The van der Waals surface area contributed by atoms with Crippen LogP contribution < -0.4 is 9.47 Å². The Labute approximate surface area is 169 Å². The summed E-state index contributed by atoms with van der Waals surface area (Å²) in [5, 5.41) is 19.9. The predicted octanol–water partition coefficient (Wildman–Crippen LogP) is 3.02. The van der Waals surface area contributed by atoms with E-state index < -0.39 is 0 Å². The zero-order chi connectivity index (χ0) is 20.2. The third-order valence-corrected chi connectivity index (χ3v) is 4.99. The van der Waals surface area contributed by atoms with Crippen LogP contribution in [0.4, 0.5) is 0 Å². The van der Waals surface area contributed by atoms with Crippen molar-refractivity contribution in [3.05, 3.63) is 65.0 Å². The van der Waals surface area contributed by atoms with Crippen LogP contribution in [-0.4, -0.2) is 49.8 Å². The summed E-state index contributed by atoms with van der Waals surface area (Å²) >= 11 is 0. The van der Waals surface area contributed by atoms with Gasteiger partial charge in [0.2, 0.25) is 5.88 Å². The summed E-state index contributed by atoms with van der Waals surface area (Å²) in [5.74, 6) is 1.19. The van der Waals surface area contributed by atoms with E-state index in [-0.39, 0.29) is 17.6 Å². The number of phenols is 1. The zero-order valence-corrected chi connectivity index (χ0v) is 16.0. The number of fused-ring (bicyclic) bond motifs is 1. The maximum Gasteiger partial charge on any atom is 0.235 e. The molecule has 2 aliphatic heterocycles. The summed E-state index contributed by atoms with van der Waals surface area (Å²) in [6.45, 7) is 2.75. The maximum atomic E-state index is 9.94. The van der Waals surface area contributed by atoms with Crippen molar-refractivity contribution in [3.63, 3.8) is 0 Å². The first kappa shape index (κ1) is 18.8. The van der Waals surface area contributed by atoms with Crippen LogP contribution in [0.5, 0.6) is 17.2 Å². The second-order valence-corrected chi connectivity index (χ2v) is 6.75. The van der Waals surface area contributed by atoms with E-state index >= 15 is 0 Å². The van der Waals surface area contributed by atoms with Gasteiger partial charge in [0.1, 0.15) is 28.9 Å². The minimum Gasteiger partial charge on any atom is -0.508 e. The molecule has 1 saturated heterocycles. The van der Waals surface area contributed by atoms with Gasteiger partial charge >= 0.3 is 0 Å². The number of nitriles is 1. The Morgan fingerprint density at radius 3 is 2.66 bits per heavy atom. The van der Waals surface area contributed by atoms with Gasteiger partial charge in [-0.3, -0.25) is 0 Å². The maximum absolute atomic E-state index is 9.94. The second-order valence-electron chi connectivity index (χ2n) is 6.75. The molecule has 7 nitrogen and oxygen atoms in total. The molecule has 1 fully saturated rings. The largest absolute Gasteiger partial charge is 0.508 e. The Kier molecular flexibility index (Phi) is 5.36. The molecule has 0 radical (unpaired) electrons. The molecule has 29 heavy (non-hydrogen) atoms. The summed E-state index contributed by atoms with van der Waals surface area (Å²) in [6, 6.07) is 14.8. The molecule has 0 saturated carbocycles. The molecule has 0 aromatic heterocycles. The fraction of sp³-hybridized carbons (Fsp3) is 0.273. The van der Waals surface area contributed by atoms with Gasteiger partial charge in [0.15, 0.2) is 0 Å². The van der Waals surface area contributed by atoms with Gasteiger partial charge in [-0.05, 0) is 23.8 Å². The van der Waals surface area contributed by atoms with Gasteiger partial charge < -0.3 is 24.2 Å². The van der Waals surface area contributed by atoms with Gasteiger partial charge in [-0.25, -0.2) is 4.99 Å². The molecule has 148 valence electrons. The molecule has 1 atom stereocenters. The smallest absolute Gasteiger partial charge is 0.235 e. The first-order valence-electron chi connectivity index (χ1n) is 9.34. The monoisotopic (exact) mass is 391 g/mol. The van der Waals surface area contributed by atoms with Crippen LogP contribution in [0.2, 0.25) is 0 Å². The quantitative estimate of drug-likeness (QED) is 0.637. The number of rotatable bonds is 4. The number of benzene rings is 2. The van der Waals surface area contributed by atoms with E-state index in [9.17, 15) is 10.4 Å². The molecule has 1 N–H and O–H groups in total. The Bertz CT molecular complexity index is 986. The molecule has 1 unspecified atom stereocenters. The number of morpholine rings is 1. The highest BCUT2D eigenvalue weighted by Crippen LogP contribution is 2.44. The van der Waals surface area contributed by atoms with E-state index in [0.29, 0.717) is 24.5 Å². The van der Waals surface area contributed by atoms with Crippen molar-refractivity contribution in [2.24, 2.45) is 4.99 Å². The van der Waals surface area contributed by atoms with Gasteiger partial charge in [0.05, 0.1) is 32.6 Å². The average Bonchev–Trinajstić information content (AvgIpc) is 2.77. The highest BCUT2D eigenvalue weighted by molar-refractivity contribution is 5.61. The van der Waals surface area contributed by atoms with Crippen molar-refractivity contribution in [1.29, 1.82) is 5.26 Å². The topological polar surface area (TPSA) is 87.3 Å². The van der Waals surface area contributed by atoms with Crippen LogP contribution in [0.25, 0.3) is 0 Å². The van der Waals surface area contributed by atoms with Crippen molar-refractivity contribution >= 4 is 6.34 Å². The third kappa shape index (κ3) is 3.89.